The van der Waals surface area contributed by atoms with E-state index < -0.39 is 0 Å². The van der Waals surface area contributed by atoms with Crippen LogP contribution in [0.5, 0.6) is 0 Å². The highest BCUT2D eigenvalue weighted by atomic mass is 28.2. The molecular formula is C10H22O2Si. The van der Waals surface area contributed by atoms with Crippen LogP contribution in [-0.2, 0) is 9.53 Å². The van der Waals surface area contributed by atoms with Crippen molar-refractivity contribution in [3.05, 3.63) is 0 Å². The van der Waals surface area contributed by atoms with E-state index in [1.807, 2.05) is 20.8 Å². The van der Waals surface area contributed by atoms with E-state index in [0.29, 0.717) is 6.61 Å². The monoisotopic (exact) mass is 202 g/mol. The zero-order valence-electron chi connectivity index (χ0n) is 9.35. The summed E-state index contributed by atoms with van der Waals surface area (Å²) < 4.78 is 5.18. The molecule has 0 aliphatic carbocycles. The maximum absolute atomic E-state index is 11.4. The van der Waals surface area contributed by atoms with Crippen molar-refractivity contribution in [3.63, 3.8) is 0 Å². The average Bonchev–Trinajstić information content (AvgIpc) is 2.12. The third-order valence-corrected chi connectivity index (χ3v) is 3.62. The molecule has 0 fully saturated rings. The van der Waals surface area contributed by atoms with Crippen LogP contribution >= 0.6 is 0 Å². The molecule has 3 heteroatoms. The van der Waals surface area contributed by atoms with Crippen LogP contribution in [0.2, 0.25) is 12.6 Å². The molecule has 0 atom stereocenters. The summed E-state index contributed by atoms with van der Waals surface area (Å²) in [6, 6.07) is 1.28. The van der Waals surface area contributed by atoms with Gasteiger partial charge in [-0.25, -0.2) is 0 Å². The van der Waals surface area contributed by atoms with E-state index >= 15 is 0 Å². The van der Waals surface area contributed by atoms with Gasteiger partial charge in [-0.05, 0) is 26.7 Å². The first-order valence-electron chi connectivity index (χ1n) is 5.21. The molecular weight excluding hydrogens is 180 g/mol. The average molecular weight is 202 g/mol. The van der Waals surface area contributed by atoms with E-state index in [-0.39, 0.29) is 20.9 Å². The van der Waals surface area contributed by atoms with Gasteiger partial charge in [-0.3, -0.25) is 4.79 Å². The van der Waals surface area contributed by atoms with Gasteiger partial charge in [0.2, 0.25) is 0 Å². The van der Waals surface area contributed by atoms with Crippen LogP contribution in [0.25, 0.3) is 0 Å². The number of carbonyl (C=O) groups excluding carboxylic acids is 1. The van der Waals surface area contributed by atoms with Crippen molar-refractivity contribution in [2.75, 3.05) is 6.61 Å². The Kier molecular flexibility index (Phi) is 6.04. The molecule has 0 aromatic carbocycles. The van der Waals surface area contributed by atoms with Gasteiger partial charge in [0.15, 0.2) is 0 Å². The molecule has 0 amide bonds. The SMILES string of the molecule is CCC(C)(C)C(=O)OCCC[SiH2]C. The van der Waals surface area contributed by atoms with Crippen molar-refractivity contribution in [2.24, 2.45) is 5.41 Å². The molecule has 0 radical (unpaired) electrons. The molecule has 0 bridgehead atoms. The standard InChI is InChI=1S/C10H22O2Si/c1-5-10(2,3)9(11)12-7-6-8-13-4/h5-8,13H2,1-4H3. The lowest BCUT2D eigenvalue weighted by Gasteiger charge is -2.20. The number of rotatable bonds is 6. The highest BCUT2D eigenvalue weighted by Gasteiger charge is 2.26. The van der Waals surface area contributed by atoms with Gasteiger partial charge in [0, 0.05) is 9.52 Å². The van der Waals surface area contributed by atoms with Crippen molar-refractivity contribution in [1.29, 1.82) is 0 Å². The van der Waals surface area contributed by atoms with Crippen molar-refractivity contribution < 1.29 is 9.53 Å². The fraction of sp³-hybridized carbons (Fsp3) is 0.900. The van der Waals surface area contributed by atoms with Gasteiger partial charge in [-0.1, -0.05) is 19.5 Å². The molecule has 0 aliphatic heterocycles. The maximum Gasteiger partial charge on any atom is 0.311 e. The summed E-state index contributed by atoms with van der Waals surface area (Å²) in [5.41, 5.74) is -0.302. The first-order valence-corrected chi connectivity index (χ1v) is 7.63. The van der Waals surface area contributed by atoms with Gasteiger partial charge in [0.25, 0.3) is 0 Å². The molecule has 2 nitrogen and oxygen atoms in total. The molecule has 0 aromatic heterocycles. The molecule has 0 saturated carbocycles. The second kappa shape index (κ2) is 6.19. The van der Waals surface area contributed by atoms with Gasteiger partial charge in [0.1, 0.15) is 0 Å². The zero-order valence-corrected chi connectivity index (χ0v) is 10.8. The Bertz CT molecular complexity index is 155. The van der Waals surface area contributed by atoms with Crippen LogP contribution in [0.1, 0.15) is 33.6 Å². The largest absolute Gasteiger partial charge is 0.465 e. The minimum absolute atomic E-state index is 0.0484. The van der Waals surface area contributed by atoms with E-state index in [1.54, 1.807) is 0 Å². The Morgan fingerprint density at radius 3 is 2.54 bits per heavy atom. The quantitative estimate of drug-likeness (QED) is 0.374. The van der Waals surface area contributed by atoms with Crippen LogP contribution in [0.4, 0.5) is 0 Å². The van der Waals surface area contributed by atoms with Gasteiger partial charge in [-0.2, -0.15) is 0 Å². The first kappa shape index (κ1) is 12.7. The van der Waals surface area contributed by atoms with Crippen LogP contribution in [0, 0.1) is 5.41 Å². The lowest BCUT2D eigenvalue weighted by atomic mass is 9.91. The minimum atomic E-state index is -0.302. The smallest absolute Gasteiger partial charge is 0.311 e. The number of hydrogen-bond donors (Lipinski definition) is 0. The Balaban J connectivity index is 3.62. The Morgan fingerprint density at radius 2 is 2.08 bits per heavy atom. The third kappa shape index (κ3) is 5.08. The van der Waals surface area contributed by atoms with Crippen LogP contribution in [-0.4, -0.2) is 22.1 Å². The number of hydrogen-bond acceptors (Lipinski definition) is 2. The van der Waals surface area contributed by atoms with Crippen molar-refractivity contribution in [2.45, 2.75) is 46.2 Å². The summed E-state index contributed by atoms with van der Waals surface area (Å²) in [5, 5.41) is 0. The predicted octanol–water partition coefficient (Wildman–Crippen LogP) is 1.99. The lowest BCUT2D eigenvalue weighted by molar-refractivity contribution is -0.154. The van der Waals surface area contributed by atoms with Gasteiger partial charge in [-0.15, -0.1) is 0 Å². The van der Waals surface area contributed by atoms with Gasteiger partial charge >= 0.3 is 5.97 Å². The Morgan fingerprint density at radius 1 is 1.46 bits per heavy atom. The zero-order chi connectivity index (χ0) is 10.3. The molecule has 0 N–H and O–H groups in total. The molecule has 0 unspecified atom stereocenters. The van der Waals surface area contributed by atoms with Crippen molar-refractivity contribution >= 4 is 15.5 Å². The molecule has 0 aromatic rings. The predicted molar refractivity (Wildman–Crippen MR) is 58.9 cm³/mol. The summed E-state index contributed by atoms with van der Waals surface area (Å²) >= 11 is 0. The van der Waals surface area contributed by atoms with Crippen molar-refractivity contribution in [1.82, 2.24) is 0 Å². The fourth-order valence-corrected chi connectivity index (χ4v) is 1.56. The lowest BCUT2D eigenvalue weighted by Crippen LogP contribution is -2.26. The molecule has 0 rings (SSSR count). The minimum Gasteiger partial charge on any atom is -0.465 e. The van der Waals surface area contributed by atoms with Crippen LogP contribution < -0.4 is 0 Å². The molecule has 78 valence electrons. The van der Waals surface area contributed by atoms with Crippen molar-refractivity contribution in [3.8, 4) is 0 Å². The molecule has 13 heavy (non-hydrogen) atoms. The van der Waals surface area contributed by atoms with Gasteiger partial charge < -0.3 is 4.74 Å². The van der Waals surface area contributed by atoms with Crippen LogP contribution in [0.15, 0.2) is 0 Å². The summed E-state index contributed by atoms with van der Waals surface area (Å²) in [4.78, 5) is 11.4. The molecule has 0 spiro atoms. The van der Waals surface area contributed by atoms with E-state index in [2.05, 4.69) is 6.55 Å². The van der Waals surface area contributed by atoms with Crippen LogP contribution in [0.3, 0.4) is 0 Å². The summed E-state index contributed by atoms with van der Waals surface area (Å²) in [5.74, 6) is -0.0484. The fourth-order valence-electron chi connectivity index (χ4n) is 0.857. The summed E-state index contributed by atoms with van der Waals surface area (Å²) in [6.07, 6.45) is 1.89. The first-order chi connectivity index (χ1) is 6.04. The number of ether oxygens (including phenoxy) is 1. The van der Waals surface area contributed by atoms with E-state index in [0.717, 1.165) is 12.8 Å². The maximum atomic E-state index is 11.4. The van der Waals surface area contributed by atoms with E-state index in [4.69, 9.17) is 4.74 Å². The Labute approximate surface area is 83.9 Å². The summed E-state index contributed by atoms with van der Waals surface area (Å²) in [7, 11) is 0.138. The van der Waals surface area contributed by atoms with E-state index in [9.17, 15) is 4.79 Å². The second-order valence-corrected chi connectivity index (χ2v) is 5.79. The van der Waals surface area contributed by atoms with E-state index in [1.165, 1.54) is 6.04 Å². The normalized spacial score (nSPS) is 12.3. The molecule has 0 aliphatic rings. The number of esters is 1. The van der Waals surface area contributed by atoms with Gasteiger partial charge in [0.05, 0.1) is 12.0 Å². The second-order valence-electron chi connectivity index (χ2n) is 4.08. The highest BCUT2D eigenvalue weighted by molar-refractivity contribution is 6.33. The molecule has 0 heterocycles. The topological polar surface area (TPSA) is 26.3 Å². The third-order valence-electron chi connectivity index (χ3n) is 2.42. The highest BCUT2D eigenvalue weighted by Crippen LogP contribution is 2.21. The number of carbonyl (C=O) groups is 1. The summed E-state index contributed by atoms with van der Waals surface area (Å²) in [6.45, 7) is 8.77. The molecule has 0 saturated heterocycles. The Hall–Kier alpha value is -0.313.